The molecule has 0 aromatic heterocycles. The first-order valence-electron chi connectivity index (χ1n) is 7.11. The van der Waals surface area contributed by atoms with Gasteiger partial charge in [0.25, 0.3) is 0 Å². The lowest BCUT2D eigenvalue weighted by atomic mass is 10.1. The number of halogens is 2. The number of carboxylic acids is 1. The Morgan fingerprint density at radius 2 is 2.00 bits per heavy atom. The van der Waals surface area contributed by atoms with Crippen molar-refractivity contribution in [3.63, 3.8) is 0 Å². The average molecular weight is 431 g/mol. The predicted octanol–water partition coefficient (Wildman–Crippen LogP) is 3.77. The van der Waals surface area contributed by atoms with Gasteiger partial charge in [0, 0.05) is 10.5 Å². The second-order valence-electron chi connectivity index (χ2n) is 5.50. The molecule has 1 aliphatic carbocycles. The summed E-state index contributed by atoms with van der Waals surface area (Å²) >= 11 is 9.27. The smallest absolute Gasteiger partial charge is 0.337 e. The number of hydrogen-bond acceptors (Lipinski definition) is 3. The molecule has 0 aliphatic heterocycles. The first-order chi connectivity index (χ1) is 11.3. The molecule has 2 aromatic carbocycles. The highest BCUT2D eigenvalue weighted by Gasteiger charge is 2.28. The Labute approximate surface area is 152 Å². The highest BCUT2D eigenvalue weighted by atomic mass is 79.9. The van der Waals surface area contributed by atoms with Gasteiger partial charge in [-0.05, 0) is 54.3 Å². The molecule has 0 radical (unpaired) electrons. The van der Waals surface area contributed by atoms with Gasteiger partial charge in [-0.2, -0.15) is 0 Å². The van der Waals surface area contributed by atoms with Crippen LogP contribution >= 0.6 is 27.5 Å². The van der Waals surface area contributed by atoms with Crippen LogP contribution < -0.4 is 4.72 Å². The van der Waals surface area contributed by atoms with Crippen molar-refractivity contribution in [1.82, 2.24) is 4.72 Å². The van der Waals surface area contributed by atoms with Crippen LogP contribution in [0.1, 0.15) is 33.9 Å². The fraction of sp³-hybridized carbons (Fsp3) is 0.188. The maximum Gasteiger partial charge on any atom is 0.337 e. The predicted molar refractivity (Wildman–Crippen MR) is 93.9 cm³/mol. The molecule has 0 saturated heterocycles. The third kappa shape index (κ3) is 3.35. The largest absolute Gasteiger partial charge is 0.478 e. The number of benzene rings is 2. The summed E-state index contributed by atoms with van der Waals surface area (Å²) in [4.78, 5) is 10.9. The van der Waals surface area contributed by atoms with E-state index in [1.165, 1.54) is 12.1 Å². The van der Waals surface area contributed by atoms with Crippen molar-refractivity contribution in [3.05, 3.63) is 62.6 Å². The van der Waals surface area contributed by atoms with Crippen LogP contribution in [0.25, 0.3) is 0 Å². The number of hydrogen-bond donors (Lipinski definition) is 2. The van der Waals surface area contributed by atoms with Crippen molar-refractivity contribution in [2.24, 2.45) is 0 Å². The first kappa shape index (κ1) is 17.4. The topological polar surface area (TPSA) is 83.5 Å². The Kier molecular flexibility index (Phi) is 4.70. The van der Waals surface area contributed by atoms with Gasteiger partial charge in [-0.25, -0.2) is 17.9 Å². The van der Waals surface area contributed by atoms with Gasteiger partial charge in [0.2, 0.25) is 10.0 Å². The number of aryl methyl sites for hydroxylation is 1. The molecule has 5 nitrogen and oxygen atoms in total. The fourth-order valence-electron chi connectivity index (χ4n) is 2.79. The number of sulfonamides is 1. The number of carboxylic acid groups (broad SMARTS) is 1. The van der Waals surface area contributed by atoms with Gasteiger partial charge in [-0.3, -0.25) is 0 Å². The lowest BCUT2D eigenvalue weighted by Gasteiger charge is -2.15. The van der Waals surface area contributed by atoms with E-state index in [0.29, 0.717) is 6.42 Å². The normalized spacial score (nSPS) is 16.8. The van der Waals surface area contributed by atoms with Crippen LogP contribution in [0.5, 0.6) is 0 Å². The average Bonchev–Trinajstić information content (AvgIpc) is 2.88. The molecule has 0 saturated carbocycles. The number of fused-ring (bicyclic) bond motifs is 1. The summed E-state index contributed by atoms with van der Waals surface area (Å²) in [5.41, 5.74) is 1.93. The van der Waals surface area contributed by atoms with E-state index in [-0.39, 0.29) is 21.5 Å². The van der Waals surface area contributed by atoms with Crippen molar-refractivity contribution in [2.75, 3.05) is 0 Å². The van der Waals surface area contributed by atoms with Crippen LogP contribution in [0, 0.1) is 0 Å². The Morgan fingerprint density at radius 1 is 1.25 bits per heavy atom. The minimum absolute atomic E-state index is 0.0547. The molecule has 0 spiro atoms. The summed E-state index contributed by atoms with van der Waals surface area (Å²) in [5.74, 6) is -1.20. The standard InChI is InChI=1S/C16H13BrClNO4S/c17-10-3-1-9-2-6-15(13(9)7-10)19-24(22,23)11-4-5-12(16(20)21)14(18)8-11/h1,3-5,7-8,15,19H,2,6H2,(H,20,21)/t15-/m0/s1. The maximum atomic E-state index is 12.6. The molecular weight excluding hydrogens is 418 g/mol. The van der Waals surface area contributed by atoms with Crippen LogP contribution in [0.2, 0.25) is 5.02 Å². The van der Waals surface area contributed by atoms with E-state index in [4.69, 9.17) is 16.7 Å². The monoisotopic (exact) mass is 429 g/mol. The highest BCUT2D eigenvalue weighted by Crippen LogP contribution is 2.34. The summed E-state index contributed by atoms with van der Waals surface area (Å²) in [6.45, 7) is 0. The number of carbonyl (C=O) groups is 1. The van der Waals surface area contributed by atoms with Gasteiger partial charge in [0.15, 0.2) is 0 Å². The van der Waals surface area contributed by atoms with Gasteiger partial charge in [-0.15, -0.1) is 0 Å². The minimum atomic E-state index is -3.81. The molecule has 2 aromatic rings. The third-order valence-corrected chi connectivity index (χ3v) is 6.24. The Balaban J connectivity index is 1.90. The van der Waals surface area contributed by atoms with Crippen molar-refractivity contribution in [3.8, 4) is 0 Å². The summed E-state index contributed by atoms with van der Waals surface area (Å²) < 4.78 is 28.7. The van der Waals surface area contributed by atoms with E-state index in [2.05, 4.69) is 20.7 Å². The Bertz CT molecular complexity index is 930. The molecule has 2 N–H and O–H groups in total. The van der Waals surface area contributed by atoms with Crippen LogP contribution in [-0.4, -0.2) is 19.5 Å². The Hall–Kier alpha value is -1.41. The van der Waals surface area contributed by atoms with E-state index in [9.17, 15) is 13.2 Å². The van der Waals surface area contributed by atoms with E-state index >= 15 is 0 Å². The fourth-order valence-corrected chi connectivity index (χ4v) is 4.77. The molecule has 0 fully saturated rings. The molecule has 0 unspecified atom stereocenters. The number of aromatic carboxylic acids is 1. The summed E-state index contributed by atoms with van der Waals surface area (Å²) in [6.07, 6.45) is 1.47. The zero-order chi connectivity index (χ0) is 17.5. The lowest BCUT2D eigenvalue weighted by Crippen LogP contribution is -2.27. The van der Waals surface area contributed by atoms with Crippen molar-refractivity contribution >= 4 is 43.5 Å². The first-order valence-corrected chi connectivity index (χ1v) is 9.77. The van der Waals surface area contributed by atoms with Crippen LogP contribution in [-0.2, 0) is 16.4 Å². The van der Waals surface area contributed by atoms with Gasteiger partial charge < -0.3 is 5.11 Å². The molecule has 8 heteroatoms. The van der Waals surface area contributed by atoms with E-state index in [1.807, 2.05) is 18.2 Å². The van der Waals surface area contributed by atoms with Gasteiger partial charge in [0.05, 0.1) is 15.5 Å². The third-order valence-electron chi connectivity index (χ3n) is 3.96. The van der Waals surface area contributed by atoms with Crippen molar-refractivity contribution < 1.29 is 18.3 Å². The molecule has 1 aliphatic rings. The summed E-state index contributed by atoms with van der Waals surface area (Å²) in [6, 6.07) is 9.10. The van der Waals surface area contributed by atoms with Gasteiger partial charge in [0.1, 0.15) is 0 Å². The zero-order valence-corrected chi connectivity index (χ0v) is 15.5. The van der Waals surface area contributed by atoms with Crippen LogP contribution in [0.3, 0.4) is 0 Å². The quantitative estimate of drug-likeness (QED) is 0.773. The van der Waals surface area contributed by atoms with Gasteiger partial charge in [-0.1, -0.05) is 33.6 Å². The van der Waals surface area contributed by atoms with Crippen LogP contribution in [0.4, 0.5) is 0 Å². The van der Waals surface area contributed by atoms with E-state index in [1.54, 1.807) is 0 Å². The SMILES string of the molecule is O=C(O)c1ccc(S(=O)(=O)N[C@H]2CCc3ccc(Br)cc32)cc1Cl. The molecular formula is C16H13BrClNO4S. The Morgan fingerprint density at radius 3 is 2.67 bits per heavy atom. The molecule has 0 amide bonds. The highest BCUT2D eigenvalue weighted by molar-refractivity contribution is 9.10. The summed E-state index contributed by atoms with van der Waals surface area (Å²) in [7, 11) is -3.81. The summed E-state index contributed by atoms with van der Waals surface area (Å²) in [5, 5.41) is 8.86. The molecule has 3 rings (SSSR count). The second-order valence-corrected chi connectivity index (χ2v) is 8.54. The minimum Gasteiger partial charge on any atom is -0.478 e. The molecule has 24 heavy (non-hydrogen) atoms. The number of nitrogens with one attached hydrogen (secondary N) is 1. The van der Waals surface area contributed by atoms with Crippen molar-refractivity contribution in [1.29, 1.82) is 0 Å². The second kappa shape index (κ2) is 6.48. The molecule has 0 bridgehead atoms. The maximum absolute atomic E-state index is 12.6. The molecule has 1 atom stereocenters. The molecule has 126 valence electrons. The zero-order valence-electron chi connectivity index (χ0n) is 12.3. The molecule has 0 heterocycles. The van der Waals surface area contributed by atoms with Gasteiger partial charge >= 0.3 is 5.97 Å². The van der Waals surface area contributed by atoms with Crippen LogP contribution in [0.15, 0.2) is 45.8 Å². The van der Waals surface area contributed by atoms with Crippen molar-refractivity contribution in [2.45, 2.75) is 23.8 Å². The van der Waals surface area contributed by atoms with E-state index < -0.39 is 16.0 Å². The number of rotatable bonds is 4. The van der Waals surface area contributed by atoms with E-state index in [0.717, 1.165) is 28.1 Å². The lowest BCUT2D eigenvalue weighted by molar-refractivity contribution is 0.0697.